The fraction of sp³-hybridized carbons (Fsp3) is 0.200. The van der Waals surface area contributed by atoms with Gasteiger partial charge in [0.2, 0.25) is 0 Å². The lowest BCUT2D eigenvalue weighted by Crippen LogP contribution is -2.06. The highest BCUT2D eigenvalue weighted by atomic mass is 15.5. The van der Waals surface area contributed by atoms with E-state index < -0.39 is 0 Å². The number of rotatable bonds is 3. The van der Waals surface area contributed by atoms with Crippen LogP contribution in [0.3, 0.4) is 0 Å². The van der Waals surface area contributed by atoms with Crippen molar-refractivity contribution in [3.63, 3.8) is 0 Å². The molecule has 2 rings (SSSR count). The molecule has 2 aromatic carbocycles. The molecule has 0 aliphatic carbocycles. The Hall–Kier alpha value is -2.16. The Labute approximate surface area is 108 Å². The molecule has 3 heteroatoms. The number of hydrogen-bond acceptors (Lipinski definition) is 2. The maximum absolute atomic E-state index is 4.20. The van der Waals surface area contributed by atoms with Gasteiger partial charge in [0.05, 0.1) is 11.4 Å². The minimum absolute atomic E-state index is 0.861. The zero-order chi connectivity index (χ0) is 13.0. The van der Waals surface area contributed by atoms with Gasteiger partial charge in [-0.1, -0.05) is 40.6 Å². The van der Waals surface area contributed by atoms with Crippen molar-refractivity contribution in [2.24, 2.45) is 10.3 Å². The maximum Gasteiger partial charge on any atom is 0.0874 e. The third-order valence-corrected chi connectivity index (χ3v) is 2.74. The second-order valence-electron chi connectivity index (χ2n) is 4.38. The van der Waals surface area contributed by atoms with Crippen LogP contribution in [-0.4, -0.2) is 7.05 Å². The first-order valence-electron chi connectivity index (χ1n) is 5.94. The Morgan fingerprint density at radius 2 is 1.28 bits per heavy atom. The van der Waals surface area contributed by atoms with Crippen molar-refractivity contribution < 1.29 is 0 Å². The van der Waals surface area contributed by atoms with Gasteiger partial charge in [-0.15, -0.1) is 5.11 Å². The number of nitrogens with zero attached hydrogens (tertiary/aromatic N) is 3. The van der Waals surface area contributed by atoms with E-state index in [0.29, 0.717) is 0 Å². The van der Waals surface area contributed by atoms with Gasteiger partial charge in [-0.25, -0.2) is 5.01 Å². The first-order valence-corrected chi connectivity index (χ1v) is 5.94. The van der Waals surface area contributed by atoms with Crippen molar-refractivity contribution in [1.29, 1.82) is 0 Å². The fourth-order valence-corrected chi connectivity index (χ4v) is 1.54. The van der Waals surface area contributed by atoms with E-state index >= 15 is 0 Å². The lowest BCUT2D eigenvalue weighted by atomic mass is 10.2. The monoisotopic (exact) mass is 239 g/mol. The predicted octanol–water partition coefficient (Wildman–Crippen LogP) is 4.44. The van der Waals surface area contributed by atoms with E-state index in [9.17, 15) is 0 Å². The van der Waals surface area contributed by atoms with Crippen LogP contribution in [0, 0.1) is 13.8 Å². The predicted molar refractivity (Wildman–Crippen MR) is 75.3 cm³/mol. The molecule has 0 fully saturated rings. The summed E-state index contributed by atoms with van der Waals surface area (Å²) in [5, 5.41) is 10.1. The molecule has 0 unspecified atom stereocenters. The van der Waals surface area contributed by atoms with Crippen LogP contribution in [0.1, 0.15) is 11.1 Å². The molecule has 2 aromatic rings. The molecule has 92 valence electrons. The zero-order valence-electron chi connectivity index (χ0n) is 11.0. The number of anilines is 1. The third kappa shape index (κ3) is 3.17. The molecule has 0 radical (unpaired) electrons. The van der Waals surface area contributed by atoms with E-state index in [1.807, 2.05) is 43.4 Å². The summed E-state index contributed by atoms with van der Waals surface area (Å²) in [6.45, 7) is 4.12. The van der Waals surface area contributed by atoms with Crippen molar-refractivity contribution in [2.75, 3.05) is 12.1 Å². The molecule has 0 aromatic heterocycles. The highest BCUT2D eigenvalue weighted by Gasteiger charge is 1.97. The number of hydrogen-bond donors (Lipinski definition) is 0. The Morgan fingerprint density at radius 3 is 1.83 bits per heavy atom. The minimum atomic E-state index is 0.861. The highest BCUT2D eigenvalue weighted by molar-refractivity contribution is 5.46. The molecule has 0 saturated carbocycles. The smallest absolute Gasteiger partial charge is 0.0874 e. The molecular weight excluding hydrogens is 222 g/mol. The summed E-state index contributed by atoms with van der Waals surface area (Å²) in [6.07, 6.45) is 0. The molecule has 0 amide bonds. The van der Waals surface area contributed by atoms with Crippen LogP contribution in [0.5, 0.6) is 0 Å². The summed E-state index contributed by atoms with van der Waals surface area (Å²) in [6, 6.07) is 16.2. The Morgan fingerprint density at radius 1 is 0.778 bits per heavy atom. The largest absolute Gasteiger partial charge is 0.250 e. The van der Waals surface area contributed by atoms with E-state index in [0.717, 1.165) is 11.4 Å². The first-order chi connectivity index (χ1) is 8.65. The highest BCUT2D eigenvalue weighted by Crippen LogP contribution is 2.17. The van der Waals surface area contributed by atoms with Crippen molar-refractivity contribution in [2.45, 2.75) is 13.8 Å². The summed E-state index contributed by atoms with van der Waals surface area (Å²) in [5.41, 5.74) is 4.35. The van der Waals surface area contributed by atoms with Gasteiger partial charge >= 0.3 is 0 Å². The van der Waals surface area contributed by atoms with E-state index in [-0.39, 0.29) is 0 Å². The van der Waals surface area contributed by atoms with Gasteiger partial charge in [0.25, 0.3) is 0 Å². The third-order valence-electron chi connectivity index (χ3n) is 2.74. The molecule has 0 saturated heterocycles. The van der Waals surface area contributed by atoms with Crippen LogP contribution in [0.15, 0.2) is 58.9 Å². The van der Waals surface area contributed by atoms with Crippen LogP contribution in [-0.2, 0) is 0 Å². The van der Waals surface area contributed by atoms with Gasteiger partial charge in [-0.3, -0.25) is 0 Å². The van der Waals surface area contributed by atoms with Gasteiger partial charge in [-0.2, -0.15) is 0 Å². The Kier molecular flexibility index (Phi) is 3.72. The number of benzene rings is 2. The van der Waals surface area contributed by atoms with Crippen molar-refractivity contribution >= 4 is 11.4 Å². The van der Waals surface area contributed by atoms with Gasteiger partial charge in [0.15, 0.2) is 0 Å². The summed E-state index contributed by atoms with van der Waals surface area (Å²) in [5.74, 6) is 0. The normalized spacial score (nSPS) is 10.8. The molecule has 0 bridgehead atoms. The molecule has 0 atom stereocenters. The van der Waals surface area contributed by atoms with Gasteiger partial charge < -0.3 is 0 Å². The first kappa shape index (κ1) is 12.3. The van der Waals surface area contributed by atoms with E-state index in [1.54, 1.807) is 5.01 Å². The van der Waals surface area contributed by atoms with Gasteiger partial charge in [0.1, 0.15) is 0 Å². The molecule has 18 heavy (non-hydrogen) atoms. The van der Waals surface area contributed by atoms with Gasteiger partial charge in [-0.05, 0) is 38.1 Å². The molecule has 0 aliphatic heterocycles. The standard InChI is InChI=1S/C15H17N3/c1-12-4-8-14(9-5-12)16-17-18(3)15-10-6-13(2)7-11-15/h4-11H,1-3H3. The van der Waals surface area contributed by atoms with Crippen LogP contribution in [0.4, 0.5) is 11.4 Å². The molecular formula is C15H17N3. The lowest BCUT2D eigenvalue weighted by molar-refractivity contribution is 0.923. The SMILES string of the molecule is Cc1ccc(N=NN(C)c2ccc(C)cc2)cc1. The van der Waals surface area contributed by atoms with Crippen molar-refractivity contribution in [3.8, 4) is 0 Å². The molecule has 0 aliphatic rings. The molecule has 0 heterocycles. The lowest BCUT2D eigenvalue weighted by Gasteiger charge is -2.11. The molecule has 3 nitrogen and oxygen atoms in total. The molecule has 0 N–H and O–H groups in total. The van der Waals surface area contributed by atoms with Crippen LogP contribution in [0.25, 0.3) is 0 Å². The fourth-order valence-electron chi connectivity index (χ4n) is 1.54. The number of aryl methyl sites for hydroxylation is 2. The summed E-state index contributed by atoms with van der Waals surface area (Å²) >= 11 is 0. The van der Waals surface area contributed by atoms with Crippen molar-refractivity contribution in [3.05, 3.63) is 59.7 Å². The van der Waals surface area contributed by atoms with Crippen LogP contribution >= 0.6 is 0 Å². The van der Waals surface area contributed by atoms with Crippen LogP contribution in [0.2, 0.25) is 0 Å². The average molecular weight is 239 g/mol. The van der Waals surface area contributed by atoms with E-state index in [2.05, 4.69) is 36.3 Å². The zero-order valence-corrected chi connectivity index (χ0v) is 11.0. The topological polar surface area (TPSA) is 28.0 Å². The van der Waals surface area contributed by atoms with Crippen molar-refractivity contribution in [1.82, 2.24) is 0 Å². The summed E-state index contributed by atoms with van der Waals surface area (Å²) in [4.78, 5) is 0. The van der Waals surface area contributed by atoms with Gasteiger partial charge in [0, 0.05) is 7.05 Å². The maximum atomic E-state index is 4.20. The second kappa shape index (κ2) is 5.45. The second-order valence-corrected chi connectivity index (χ2v) is 4.38. The molecule has 0 spiro atoms. The Balaban J connectivity index is 2.08. The Bertz CT molecular complexity index is 527. The summed E-state index contributed by atoms with van der Waals surface area (Å²) in [7, 11) is 1.89. The average Bonchev–Trinajstić information content (AvgIpc) is 2.38. The quantitative estimate of drug-likeness (QED) is 0.575. The minimum Gasteiger partial charge on any atom is -0.250 e. The summed E-state index contributed by atoms with van der Waals surface area (Å²) < 4.78 is 0. The van der Waals surface area contributed by atoms with E-state index in [1.165, 1.54) is 11.1 Å². The van der Waals surface area contributed by atoms with Crippen LogP contribution < -0.4 is 5.01 Å². The van der Waals surface area contributed by atoms with E-state index in [4.69, 9.17) is 0 Å².